The summed E-state index contributed by atoms with van der Waals surface area (Å²) >= 11 is 0. The van der Waals surface area contributed by atoms with Gasteiger partial charge in [-0.1, -0.05) is 41.5 Å². The predicted octanol–water partition coefficient (Wildman–Crippen LogP) is 3.28. The number of hydrogen-bond donors (Lipinski definition) is 0. The molecule has 0 aromatic heterocycles. The Morgan fingerprint density at radius 1 is 0.667 bits per heavy atom. The van der Waals surface area contributed by atoms with Gasteiger partial charge in [0.1, 0.15) is 0 Å². The van der Waals surface area contributed by atoms with Gasteiger partial charge >= 0.3 is 17.4 Å². The smallest absolute Gasteiger partial charge is 1.00 e. The monoisotopic (exact) mass is 146 g/mol. The second-order valence-electron chi connectivity index (χ2n) is 3.46. The van der Waals surface area contributed by atoms with Crippen molar-refractivity contribution in [2.45, 2.75) is 41.5 Å². The molecule has 58 valence electrons. The molecule has 0 radical (unpaired) electrons. The molecular formula is C8H23Al. The summed E-state index contributed by atoms with van der Waals surface area (Å²) in [6.45, 7) is 13.0. The van der Waals surface area contributed by atoms with Gasteiger partial charge in [-0.15, -0.1) is 0 Å². The first-order valence-electron chi connectivity index (χ1n) is 3.46. The second-order valence-corrected chi connectivity index (χ2v) is 3.46. The van der Waals surface area contributed by atoms with Crippen LogP contribution in [0.4, 0.5) is 0 Å². The fraction of sp³-hybridized carbons (Fsp3) is 1.00. The van der Waals surface area contributed by atoms with Crippen molar-refractivity contribution in [1.82, 2.24) is 0 Å². The van der Waals surface area contributed by atoms with E-state index in [4.69, 9.17) is 0 Å². The molecule has 0 atom stereocenters. The Hall–Kier alpha value is 0.532. The van der Waals surface area contributed by atoms with E-state index in [2.05, 4.69) is 41.5 Å². The zero-order chi connectivity index (χ0) is 7.15. The van der Waals surface area contributed by atoms with Crippen LogP contribution in [0.2, 0.25) is 0 Å². The summed E-state index contributed by atoms with van der Waals surface area (Å²) in [6.07, 6.45) is 0. The van der Waals surface area contributed by atoms with E-state index >= 15 is 0 Å². The second kappa shape index (κ2) is 11.3. The van der Waals surface area contributed by atoms with Gasteiger partial charge in [-0.25, -0.2) is 0 Å². The zero-order valence-corrected chi connectivity index (χ0v) is 8.89. The molecule has 0 fully saturated rings. The Kier molecular flexibility index (Phi) is 20.5. The van der Waals surface area contributed by atoms with E-state index in [1.54, 1.807) is 0 Å². The van der Waals surface area contributed by atoms with Crippen LogP contribution in [-0.4, -0.2) is 17.4 Å². The van der Waals surface area contributed by atoms with Gasteiger partial charge in [-0.05, 0) is 11.8 Å². The Balaban J connectivity index is -0.0000000112. The summed E-state index contributed by atoms with van der Waals surface area (Å²) in [5.41, 5.74) is 0. The third kappa shape index (κ3) is 1280. The van der Waals surface area contributed by atoms with Crippen LogP contribution in [0.3, 0.4) is 0 Å². The molecule has 0 aromatic rings. The molecule has 9 heavy (non-hydrogen) atoms. The third-order valence-electron chi connectivity index (χ3n) is 0. The van der Waals surface area contributed by atoms with Crippen molar-refractivity contribution in [2.75, 3.05) is 0 Å². The quantitative estimate of drug-likeness (QED) is 0.460. The molecule has 0 aromatic carbocycles. The Morgan fingerprint density at radius 3 is 0.667 bits per heavy atom. The van der Waals surface area contributed by atoms with Crippen LogP contribution in [0, 0.1) is 11.8 Å². The van der Waals surface area contributed by atoms with E-state index in [9.17, 15) is 0 Å². The van der Waals surface area contributed by atoms with Crippen molar-refractivity contribution in [1.29, 1.82) is 0 Å². The third-order valence-corrected chi connectivity index (χ3v) is 0. The Morgan fingerprint density at radius 2 is 0.667 bits per heavy atom. The van der Waals surface area contributed by atoms with Crippen LogP contribution in [0.1, 0.15) is 45.8 Å². The summed E-state index contributed by atoms with van der Waals surface area (Å²) < 4.78 is 0. The largest absolute Gasteiger partial charge is 3.00 e. The molecule has 0 heterocycles. The maximum absolute atomic E-state index is 2.17. The van der Waals surface area contributed by atoms with Crippen LogP contribution >= 0.6 is 0 Å². The van der Waals surface area contributed by atoms with Crippen LogP contribution in [-0.2, 0) is 0 Å². The van der Waals surface area contributed by atoms with Crippen molar-refractivity contribution in [3.8, 4) is 0 Å². The van der Waals surface area contributed by atoms with Gasteiger partial charge in [0.15, 0.2) is 0 Å². The van der Waals surface area contributed by atoms with E-state index in [-0.39, 0.29) is 21.6 Å². The van der Waals surface area contributed by atoms with Crippen molar-refractivity contribution >= 4 is 17.4 Å². The van der Waals surface area contributed by atoms with Gasteiger partial charge < -0.3 is 4.28 Å². The van der Waals surface area contributed by atoms with Crippen molar-refractivity contribution in [3.63, 3.8) is 0 Å². The van der Waals surface area contributed by atoms with Gasteiger partial charge in [-0.2, -0.15) is 0 Å². The number of rotatable bonds is 0. The molecule has 0 aliphatic rings. The zero-order valence-electron chi connectivity index (χ0n) is 10.7. The van der Waals surface area contributed by atoms with Crippen molar-refractivity contribution < 1.29 is 4.28 Å². The first-order chi connectivity index (χ1) is 3.46. The molecule has 0 aliphatic carbocycles. The fourth-order valence-corrected chi connectivity index (χ4v) is 0. The van der Waals surface area contributed by atoms with E-state index < -0.39 is 0 Å². The molecule has 0 rings (SSSR count). The first kappa shape index (κ1) is 16.3. The molecule has 1 heteroatoms. The van der Waals surface area contributed by atoms with Gasteiger partial charge in [-0.3, -0.25) is 0 Å². The molecule has 0 saturated heterocycles. The van der Waals surface area contributed by atoms with Crippen LogP contribution in [0.5, 0.6) is 0 Å². The SMILES string of the molecule is CC(C)C.CC(C)C.[Al+3].[H-].[H-].[H-]. The Labute approximate surface area is 75.6 Å². The van der Waals surface area contributed by atoms with Gasteiger partial charge in [0.2, 0.25) is 0 Å². The maximum atomic E-state index is 2.17. The normalized spacial score (nSPS) is 8.00. The topological polar surface area (TPSA) is 0 Å². The van der Waals surface area contributed by atoms with Crippen LogP contribution < -0.4 is 0 Å². The van der Waals surface area contributed by atoms with Crippen LogP contribution in [0.25, 0.3) is 0 Å². The molecule has 0 saturated carbocycles. The van der Waals surface area contributed by atoms with E-state index in [1.165, 1.54) is 0 Å². The predicted molar refractivity (Wildman–Crippen MR) is 50.1 cm³/mol. The molecule has 0 spiro atoms. The summed E-state index contributed by atoms with van der Waals surface area (Å²) in [6, 6.07) is 0. The summed E-state index contributed by atoms with van der Waals surface area (Å²) in [7, 11) is 0. The molecular weight excluding hydrogens is 123 g/mol. The molecule has 0 bridgehead atoms. The molecule has 0 nitrogen and oxygen atoms in total. The first-order valence-corrected chi connectivity index (χ1v) is 3.46. The van der Waals surface area contributed by atoms with E-state index in [1.807, 2.05) is 0 Å². The van der Waals surface area contributed by atoms with E-state index in [0.29, 0.717) is 0 Å². The average Bonchev–Trinajstić information content (AvgIpc) is 1.25. The summed E-state index contributed by atoms with van der Waals surface area (Å²) in [5, 5.41) is 0. The molecule has 0 aliphatic heterocycles. The van der Waals surface area contributed by atoms with E-state index in [0.717, 1.165) is 11.8 Å². The molecule has 0 amide bonds. The minimum atomic E-state index is 0. The summed E-state index contributed by atoms with van der Waals surface area (Å²) in [5.74, 6) is 1.67. The van der Waals surface area contributed by atoms with Gasteiger partial charge in [0, 0.05) is 0 Å². The van der Waals surface area contributed by atoms with Gasteiger partial charge in [0.05, 0.1) is 0 Å². The van der Waals surface area contributed by atoms with Crippen molar-refractivity contribution in [2.24, 2.45) is 11.8 Å². The number of hydrogen-bond acceptors (Lipinski definition) is 0. The van der Waals surface area contributed by atoms with Gasteiger partial charge in [0.25, 0.3) is 0 Å². The Bertz CT molecular complexity index is 29.8. The molecule has 0 unspecified atom stereocenters. The minimum absolute atomic E-state index is 0. The minimum Gasteiger partial charge on any atom is -1.00 e. The van der Waals surface area contributed by atoms with Crippen LogP contribution in [0.15, 0.2) is 0 Å². The standard InChI is InChI=1S/2C4H10.Al.3H/c2*1-4(2)3;;;;/h2*4H,1-3H3;;;;/q;;+3;3*-1. The average molecular weight is 146 g/mol. The summed E-state index contributed by atoms with van der Waals surface area (Å²) in [4.78, 5) is 0. The van der Waals surface area contributed by atoms with Crippen molar-refractivity contribution in [3.05, 3.63) is 0 Å². The molecule has 0 N–H and O–H groups in total. The fourth-order valence-electron chi connectivity index (χ4n) is 0. The maximum Gasteiger partial charge on any atom is 3.00 e.